The number of nitrogens with zero attached hydrogens (tertiary/aromatic N) is 1. The fraction of sp³-hybridized carbons (Fsp3) is 0.278. The molecule has 108 valence electrons. The molecule has 0 aliphatic heterocycles. The molecule has 0 saturated carbocycles. The molecule has 0 bridgehead atoms. The Labute approximate surface area is 126 Å². The molecule has 2 rings (SSSR count). The van der Waals surface area contributed by atoms with E-state index in [2.05, 4.69) is 49.5 Å². The summed E-state index contributed by atoms with van der Waals surface area (Å²) < 4.78 is 5.22. The van der Waals surface area contributed by atoms with E-state index in [-0.39, 0.29) is 6.04 Å². The summed E-state index contributed by atoms with van der Waals surface area (Å²) in [6.45, 7) is 4.23. The summed E-state index contributed by atoms with van der Waals surface area (Å²) in [5.74, 6) is 0.741. The highest BCUT2D eigenvalue weighted by Gasteiger charge is 2.09. The molecule has 0 aliphatic rings. The number of rotatable bonds is 5. The number of anilines is 1. The van der Waals surface area contributed by atoms with Gasteiger partial charge in [0, 0.05) is 12.1 Å². The molecule has 1 N–H and O–H groups in total. The molecule has 1 atom stereocenters. The fourth-order valence-corrected chi connectivity index (χ4v) is 2.23. The minimum atomic E-state index is 0.120. The van der Waals surface area contributed by atoms with E-state index in [9.17, 15) is 5.26 Å². The maximum absolute atomic E-state index is 9.20. The van der Waals surface area contributed by atoms with Crippen molar-refractivity contribution in [1.82, 2.24) is 0 Å². The Kier molecular flexibility index (Phi) is 4.84. The summed E-state index contributed by atoms with van der Waals surface area (Å²) >= 11 is 0. The van der Waals surface area contributed by atoms with Crippen molar-refractivity contribution < 1.29 is 4.74 Å². The van der Waals surface area contributed by atoms with Crippen molar-refractivity contribution in [1.29, 1.82) is 5.26 Å². The van der Waals surface area contributed by atoms with Gasteiger partial charge < -0.3 is 10.1 Å². The van der Waals surface area contributed by atoms with Crippen molar-refractivity contribution in [3.63, 3.8) is 0 Å². The second kappa shape index (κ2) is 6.81. The van der Waals surface area contributed by atoms with Crippen molar-refractivity contribution in [3.05, 3.63) is 59.2 Å². The number of benzene rings is 2. The smallest absolute Gasteiger partial charge is 0.121 e. The van der Waals surface area contributed by atoms with Gasteiger partial charge in [-0.3, -0.25) is 0 Å². The van der Waals surface area contributed by atoms with Gasteiger partial charge in [-0.15, -0.1) is 0 Å². The Hall–Kier alpha value is -2.47. The number of nitrogens with one attached hydrogen (secondary N) is 1. The van der Waals surface area contributed by atoms with Crippen LogP contribution in [0.5, 0.6) is 5.75 Å². The molecular formula is C18H20N2O. The first-order valence-corrected chi connectivity index (χ1v) is 7.11. The van der Waals surface area contributed by atoms with E-state index in [0.29, 0.717) is 5.56 Å². The molecule has 0 aromatic heterocycles. The third-order valence-electron chi connectivity index (χ3n) is 3.61. The number of hydrogen-bond acceptors (Lipinski definition) is 3. The standard InChI is InChI=1S/C18H20N2O/c1-4-14-5-7-15(8-6-14)13(2)20-18-11-17(21-3)10-9-16(18)12-19/h5-11,13,20H,4H2,1-3H3. The zero-order chi connectivity index (χ0) is 15.2. The van der Waals surface area contributed by atoms with E-state index in [1.165, 1.54) is 11.1 Å². The number of aryl methyl sites for hydroxylation is 1. The lowest BCUT2D eigenvalue weighted by Crippen LogP contribution is -2.08. The van der Waals surface area contributed by atoms with Crippen LogP contribution in [0.25, 0.3) is 0 Å². The molecule has 0 amide bonds. The molecule has 2 aromatic rings. The van der Waals surface area contributed by atoms with Gasteiger partial charge in [-0.2, -0.15) is 5.26 Å². The van der Waals surface area contributed by atoms with E-state index in [0.717, 1.165) is 17.9 Å². The molecule has 0 aliphatic carbocycles. The minimum Gasteiger partial charge on any atom is -0.497 e. The molecule has 21 heavy (non-hydrogen) atoms. The summed E-state index contributed by atoms with van der Waals surface area (Å²) in [6, 6.07) is 16.3. The lowest BCUT2D eigenvalue weighted by atomic mass is 10.0. The van der Waals surface area contributed by atoms with Crippen LogP contribution in [0.4, 0.5) is 5.69 Å². The van der Waals surface area contributed by atoms with Crippen LogP contribution in [-0.4, -0.2) is 7.11 Å². The topological polar surface area (TPSA) is 45.0 Å². The van der Waals surface area contributed by atoms with Crippen LogP contribution in [0.15, 0.2) is 42.5 Å². The molecule has 3 nitrogen and oxygen atoms in total. The first kappa shape index (κ1) is 14.9. The Morgan fingerprint density at radius 1 is 1.19 bits per heavy atom. The van der Waals surface area contributed by atoms with Gasteiger partial charge in [0.1, 0.15) is 11.8 Å². The summed E-state index contributed by atoms with van der Waals surface area (Å²) in [5, 5.41) is 12.6. The van der Waals surface area contributed by atoms with Crippen LogP contribution in [0.3, 0.4) is 0 Å². The zero-order valence-electron chi connectivity index (χ0n) is 12.7. The first-order chi connectivity index (χ1) is 10.2. The quantitative estimate of drug-likeness (QED) is 0.888. The predicted octanol–water partition coefficient (Wildman–Crippen LogP) is 4.30. The SMILES string of the molecule is CCc1ccc(C(C)Nc2cc(OC)ccc2C#N)cc1. The summed E-state index contributed by atoms with van der Waals surface area (Å²) in [6.07, 6.45) is 1.04. The molecule has 0 heterocycles. The number of hydrogen-bond donors (Lipinski definition) is 1. The molecule has 0 fully saturated rings. The van der Waals surface area contributed by atoms with E-state index in [4.69, 9.17) is 4.74 Å². The largest absolute Gasteiger partial charge is 0.497 e. The molecule has 1 unspecified atom stereocenters. The lowest BCUT2D eigenvalue weighted by molar-refractivity contribution is 0.415. The third kappa shape index (κ3) is 3.55. The highest BCUT2D eigenvalue weighted by Crippen LogP contribution is 2.26. The molecular weight excluding hydrogens is 260 g/mol. The van der Waals surface area contributed by atoms with Crippen molar-refractivity contribution in [2.75, 3.05) is 12.4 Å². The molecule has 0 saturated heterocycles. The van der Waals surface area contributed by atoms with E-state index in [1.807, 2.05) is 6.07 Å². The van der Waals surface area contributed by atoms with Crippen molar-refractivity contribution >= 4 is 5.69 Å². The highest BCUT2D eigenvalue weighted by atomic mass is 16.5. The second-order valence-electron chi connectivity index (χ2n) is 4.98. The van der Waals surface area contributed by atoms with Gasteiger partial charge in [0.15, 0.2) is 0 Å². The van der Waals surface area contributed by atoms with Gasteiger partial charge in [0.05, 0.1) is 18.4 Å². The zero-order valence-corrected chi connectivity index (χ0v) is 12.7. The Morgan fingerprint density at radius 2 is 1.90 bits per heavy atom. The van der Waals surface area contributed by atoms with Crippen molar-refractivity contribution in [2.45, 2.75) is 26.3 Å². The van der Waals surface area contributed by atoms with Crippen molar-refractivity contribution in [3.8, 4) is 11.8 Å². The van der Waals surface area contributed by atoms with Crippen molar-refractivity contribution in [2.24, 2.45) is 0 Å². The van der Waals surface area contributed by atoms with Gasteiger partial charge in [0.2, 0.25) is 0 Å². The monoisotopic (exact) mass is 280 g/mol. The van der Waals surface area contributed by atoms with E-state index >= 15 is 0 Å². The van der Waals surface area contributed by atoms with Gasteiger partial charge in [0.25, 0.3) is 0 Å². The van der Waals surface area contributed by atoms with Crippen LogP contribution in [0, 0.1) is 11.3 Å². The van der Waals surface area contributed by atoms with E-state index < -0.39 is 0 Å². The number of methoxy groups -OCH3 is 1. The Bertz CT molecular complexity index is 641. The molecule has 2 aromatic carbocycles. The van der Waals surface area contributed by atoms with Crippen LogP contribution in [0.2, 0.25) is 0 Å². The van der Waals surface area contributed by atoms with Crippen LogP contribution in [-0.2, 0) is 6.42 Å². The third-order valence-corrected chi connectivity index (χ3v) is 3.61. The summed E-state index contributed by atoms with van der Waals surface area (Å²) in [7, 11) is 1.62. The van der Waals surface area contributed by atoms with Crippen LogP contribution >= 0.6 is 0 Å². The molecule has 0 radical (unpaired) electrons. The fourth-order valence-electron chi connectivity index (χ4n) is 2.23. The highest BCUT2D eigenvalue weighted by molar-refractivity contribution is 5.61. The van der Waals surface area contributed by atoms with Gasteiger partial charge >= 0.3 is 0 Å². The maximum atomic E-state index is 9.20. The predicted molar refractivity (Wildman–Crippen MR) is 85.6 cm³/mol. The van der Waals surface area contributed by atoms with Gasteiger partial charge in [-0.05, 0) is 36.6 Å². The van der Waals surface area contributed by atoms with Gasteiger partial charge in [-0.1, -0.05) is 31.2 Å². The molecule has 0 spiro atoms. The number of nitriles is 1. The Balaban J connectivity index is 2.21. The first-order valence-electron chi connectivity index (χ1n) is 7.11. The lowest BCUT2D eigenvalue weighted by Gasteiger charge is -2.17. The molecule has 3 heteroatoms. The summed E-state index contributed by atoms with van der Waals surface area (Å²) in [4.78, 5) is 0. The normalized spacial score (nSPS) is 11.5. The maximum Gasteiger partial charge on any atom is 0.121 e. The van der Waals surface area contributed by atoms with Gasteiger partial charge in [-0.25, -0.2) is 0 Å². The van der Waals surface area contributed by atoms with Crippen LogP contribution < -0.4 is 10.1 Å². The average Bonchev–Trinajstić information content (AvgIpc) is 2.54. The van der Waals surface area contributed by atoms with E-state index in [1.54, 1.807) is 19.2 Å². The summed E-state index contributed by atoms with van der Waals surface area (Å²) in [5.41, 5.74) is 3.93. The number of ether oxygens (including phenoxy) is 1. The Morgan fingerprint density at radius 3 is 2.48 bits per heavy atom. The average molecular weight is 280 g/mol. The minimum absolute atomic E-state index is 0.120. The van der Waals surface area contributed by atoms with Crippen LogP contribution in [0.1, 0.15) is 36.6 Å². The second-order valence-corrected chi connectivity index (χ2v) is 4.98.